The molecule has 13 nitrogen and oxygen atoms in total. The Balaban J connectivity index is 1.24. The van der Waals surface area contributed by atoms with Crippen LogP contribution in [-0.2, 0) is 30.8 Å². The van der Waals surface area contributed by atoms with Crippen LogP contribution in [0.1, 0.15) is 33.5 Å². The lowest BCUT2D eigenvalue weighted by Crippen LogP contribution is -2.40. The molecule has 0 aliphatic carbocycles. The van der Waals surface area contributed by atoms with Crippen molar-refractivity contribution in [3.63, 3.8) is 0 Å². The maximum Gasteiger partial charge on any atom is 0.338 e. The summed E-state index contributed by atoms with van der Waals surface area (Å²) >= 11 is 4.60. The quantitative estimate of drug-likeness (QED) is 0.161. The number of anilines is 1. The van der Waals surface area contributed by atoms with Gasteiger partial charge in [-0.05, 0) is 79.7 Å². The summed E-state index contributed by atoms with van der Waals surface area (Å²) in [5.41, 5.74) is 1.91. The van der Waals surface area contributed by atoms with Crippen LogP contribution in [0.3, 0.4) is 0 Å². The van der Waals surface area contributed by atoms with E-state index in [0.717, 1.165) is 10.2 Å². The fourth-order valence-electron chi connectivity index (χ4n) is 4.56. The molecule has 0 atom stereocenters. The average molecular weight is 744 g/mol. The Labute approximate surface area is 284 Å². The number of hydrogen-bond acceptors (Lipinski definition) is 10. The van der Waals surface area contributed by atoms with Gasteiger partial charge in [-0.3, -0.25) is 14.2 Å². The van der Waals surface area contributed by atoms with Crippen molar-refractivity contribution in [1.82, 2.24) is 24.4 Å². The summed E-state index contributed by atoms with van der Waals surface area (Å²) in [7, 11) is -3.68. The van der Waals surface area contributed by atoms with Crippen LogP contribution in [0.4, 0.5) is 5.69 Å². The molecular formula is C31H31BrN6O7S2. The maximum absolute atomic E-state index is 13.0. The number of thioether (sulfide) groups is 1. The number of nitrogens with zero attached hydrogens (tertiary/aromatic N) is 4. The summed E-state index contributed by atoms with van der Waals surface area (Å²) in [5.74, 6) is -0.718. The molecule has 1 fully saturated rings. The second kappa shape index (κ2) is 15.7. The highest BCUT2D eigenvalue weighted by Crippen LogP contribution is 2.24. The molecule has 0 radical (unpaired) electrons. The van der Waals surface area contributed by atoms with Gasteiger partial charge in [0, 0.05) is 34.5 Å². The highest BCUT2D eigenvalue weighted by atomic mass is 79.9. The lowest BCUT2D eigenvalue weighted by atomic mass is 10.2. The first kappa shape index (κ1) is 34.3. The third-order valence-electron chi connectivity index (χ3n) is 6.93. The van der Waals surface area contributed by atoms with Crippen molar-refractivity contribution in [3.8, 4) is 5.69 Å². The number of benzene rings is 3. The summed E-state index contributed by atoms with van der Waals surface area (Å²) in [6.45, 7) is 3.24. The highest BCUT2D eigenvalue weighted by Gasteiger charge is 2.26. The van der Waals surface area contributed by atoms with Crippen LogP contribution in [0.5, 0.6) is 0 Å². The van der Waals surface area contributed by atoms with Gasteiger partial charge in [0.1, 0.15) is 0 Å². The van der Waals surface area contributed by atoms with Gasteiger partial charge in [-0.2, -0.15) is 4.31 Å². The second-order valence-electron chi connectivity index (χ2n) is 10.1. The summed E-state index contributed by atoms with van der Waals surface area (Å²) in [6.07, 6.45) is 0. The molecule has 4 aromatic rings. The fraction of sp³-hybridized carbons (Fsp3) is 0.258. The van der Waals surface area contributed by atoms with E-state index in [1.807, 2.05) is 24.3 Å². The van der Waals surface area contributed by atoms with E-state index in [-0.39, 0.29) is 48.4 Å². The van der Waals surface area contributed by atoms with Crippen molar-refractivity contribution in [3.05, 3.63) is 94.2 Å². The van der Waals surface area contributed by atoms with Crippen molar-refractivity contribution in [1.29, 1.82) is 0 Å². The molecule has 2 N–H and O–H groups in total. The van der Waals surface area contributed by atoms with E-state index >= 15 is 0 Å². The number of ether oxygens (including phenoxy) is 2. The summed E-state index contributed by atoms with van der Waals surface area (Å²) < 4.78 is 40.1. The van der Waals surface area contributed by atoms with Crippen LogP contribution < -0.4 is 10.6 Å². The lowest BCUT2D eigenvalue weighted by Gasteiger charge is -2.26. The number of nitrogens with one attached hydrogen (secondary N) is 2. The Morgan fingerprint density at radius 3 is 2.26 bits per heavy atom. The molecule has 246 valence electrons. The van der Waals surface area contributed by atoms with Gasteiger partial charge in [0.2, 0.25) is 15.9 Å². The van der Waals surface area contributed by atoms with Crippen LogP contribution in [0.25, 0.3) is 5.69 Å². The molecule has 47 heavy (non-hydrogen) atoms. The average Bonchev–Trinajstić information content (AvgIpc) is 3.50. The van der Waals surface area contributed by atoms with Gasteiger partial charge in [-0.15, -0.1) is 10.2 Å². The molecule has 1 aromatic heterocycles. The van der Waals surface area contributed by atoms with Crippen molar-refractivity contribution < 1.29 is 32.3 Å². The topological polar surface area (TPSA) is 162 Å². The van der Waals surface area contributed by atoms with Gasteiger partial charge in [-0.25, -0.2) is 13.2 Å². The molecule has 0 bridgehead atoms. The minimum absolute atomic E-state index is 0.00922. The van der Waals surface area contributed by atoms with E-state index in [1.54, 1.807) is 35.8 Å². The lowest BCUT2D eigenvalue weighted by molar-refractivity contribution is -0.113. The Morgan fingerprint density at radius 1 is 0.936 bits per heavy atom. The second-order valence-corrected chi connectivity index (χ2v) is 13.9. The van der Waals surface area contributed by atoms with Gasteiger partial charge in [0.25, 0.3) is 5.91 Å². The maximum atomic E-state index is 13.0. The number of aromatic nitrogens is 3. The van der Waals surface area contributed by atoms with Crippen molar-refractivity contribution in [2.24, 2.45) is 0 Å². The van der Waals surface area contributed by atoms with Crippen molar-refractivity contribution in [2.75, 3.05) is 44.0 Å². The predicted octanol–water partition coefficient (Wildman–Crippen LogP) is 3.89. The third-order valence-corrected chi connectivity index (χ3v) is 10.3. The SMILES string of the molecule is CCOC(=O)c1ccc(NC(=O)CSc2nnc(CNC(=O)c3ccc(S(=O)(=O)N4CCOCC4)cc3)n2-c2ccc(Br)cc2)cc1. The number of carbonyl (C=O) groups is 3. The number of esters is 1. The minimum Gasteiger partial charge on any atom is -0.462 e. The van der Waals surface area contributed by atoms with E-state index in [0.29, 0.717) is 35.4 Å². The molecule has 5 rings (SSSR count). The number of carbonyl (C=O) groups excluding carboxylic acids is 3. The van der Waals surface area contributed by atoms with E-state index in [4.69, 9.17) is 9.47 Å². The molecule has 2 amide bonds. The Hall–Kier alpha value is -4.09. The molecule has 0 unspecified atom stereocenters. The van der Waals surface area contributed by atoms with Crippen LogP contribution in [0.2, 0.25) is 0 Å². The largest absolute Gasteiger partial charge is 0.462 e. The number of rotatable bonds is 12. The first-order chi connectivity index (χ1) is 22.7. The standard InChI is InChI=1S/C31H31BrN6O7S2/c1-2-45-30(41)22-3-9-24(10-4-22)34-28(39)20-46-31-36-35-27(38(31)25-11-7-23(32)8-12-25)19-33-29(40)21-5-13-26(14-6-21)47(42,43)37-15-17-44-18-16-37/h3-14H,2,15-20H2,1H3,(H,33,40)(H,34,39). The number of amides is 2. The first-order valence-corrected chi connectivity index (χ1v) is 17.7. The van der Waals surface area contributed by atoms with E-state index < -0.39 is 21.9 Å². The van der Waals surface area contributed by atoms with Crippen LogP contribution in [-0.4, -0.2) is 83.9 Å². The summed E-state index contributed by atoms with van der Waals surface area (Å²) in [5, 5.41) is 14.6. The molecule has 0 saturated carbocycles. The van der Waals surface area contributed by atoms with Crippen molar-refractivity contribution in [2.45, 2.75) is 23.5 Å². The number of halogens is 1. The number of morpholine rings is 1. The molecule has 1 saturated heterocycles. The van der Waals surface area contributed by atoms with Gasteiger partial charge in [0.05, 0.1) is 42.6 Å². The normalized spacial score (nSPS) is 13.6. The molecular weight excluding hydrogens is 712 g/mol. The first-order valence-electron chi connectivity index (χ1n) is 14.5. The van der Waals surface area contributed by atoms with E-state index in [2.05, 4.69) is 36.8 Å². The third kappa shape index (κ3) is 8.64. The molecule has 2 heterocycles. The molecule has 16 heteroatoms. The number of sulfonamides is 1. The molecule has 1 aliphatic heterocycles. The zero-order chi connectivity index (χ0) is 33.4. The van der Waals surface area contributed by atoms with Gasteiger partial charge >= 0.3 is 5.97 Å². The van der Waals surface area contributed by atoms with E-state index in [9.17, 15) is 22.8 Å². The fourth-order valence-corrected chi connectivity index (χ4v) is 7.01. The predicted molar refractivity (Wildman–Crippen MR) is 178 cm³/mol. The minimum atomic E-state index is -3.68. The number of hydrogen-bond donors (Lipinski definition) is 2. The monoisotopic (exact) mass is 742 g/mol. The Kier molecular flexibility index (Phi) is 11.4. The van der Waals surface area contributed by atoms with Crippen molar-refractivity contribution >= 4 is 61.2 Å². The van der Waals surface area contributed by atoms with Crippen LogP contribution >= 0.6 is 27.7 Å². The Bertz CT molecular complexity index is 1830. The van der Waals surface area contributed by atoms with Crippen LogP contribution in [0, 0.1) is 0 Å². The van der Waals surface area contributed by atoms with Crippen LogP contribution in [0.15, 0.2) is 87.3 Å². The molecule has 0 spiro atoms. The summed E-state index contributed by atoms with van der Waals surface area (Å²) in [6, 6.07) is 19.6. The van der Waals surface area contributed by atoms with Gasteiger partial charge in [0.15, 0.2) is 11.0 Å². The Morgan fingerprint density at radius 2 is 1.60 bits per heavy atom. The zero-order valence-electron chi connectivity index (χ0n) is 25.2. The van der Waals surface area contributed by atoms with Gasteiger partial charge in [-0.1, -0.05) is 27.7 Å². The zero-order valence-corrected chi connectivity index (χ0v) is 28.4. The molecule has 1 aliphatic rings. The summed E-state index contributed by atoms with van der Waals surface area (Å²) in [4.78, 5) is 37.8. The van der Waals surface area contributed by atoms with Gasteiger partial charge < -0.3 is 20.1 Å². The molecule has 3 aromatic carbocycles. The van der Waals surface area contributed by atoms with E-state index in [1.165, 1.54) is 40.3 Å². The highest BCUT2D eigenvalue weighted by molar-refractivity contribution is 9.10. The smallest absolute Gasteiger partial charge is 0.338 e.